The maximum absolute atomic E-state index is 13.3. The smallest absolute Gasteiger partial charge is 0.269 e. The molecule has 2 aliphatic rings. The summed E-state index contributed by atoms with van der Waals surface area (Å²) in [5, 5.41) is 2.90. The molecule has 2 aromatic carbocycles. The van der Waals surface area contributed by atoms with Crippen molar-refractivity contribution < 1.29 is 23.8 Å². The molecule has 7 nitrogen and oxygen atoms in total. The Morgan fingerprint density at radius 2 is 1.88 bits per heavy atom. The van der Waals surface area contributed by atoms with Gasteiger partial charge in [-0.25, -0.2) is 0 Å². The topological polar surface area (TPSA) is 77.1 Å². The predicted molar refractivity (Wildman–Crippen MR) is 123 cm³/mol. The molecule has 2 aliphatic heterocycles. The van der Waals surface area contributed by atoms with Crippen molar-refractivity contribution in [2.24, 2.45) is 11.3 Å². The number of amides is 2. The Bertz CT molecular complexity index is 1020. The molecule has 0 aromatic heterocycles. The molecule has 0 radical (unpaired) electrons. The minimum Gasteiger partial charge on any atom is -0.490 e. The molecule has 32 heavy (non-hydrogen) atoms. The number of nitrogens with zero attached hydrogens (tertiary/aromatic N) is 1. The number of carbonyl (C=O) groups is 2. The SMILES string of the molecule is CC(C)CCN1C(=O)C(C)(C)COc2ccc(NC(=O)C3COc4ccccc4O3)cc21. The van der Waals surface area contributed by atoms with Crippen LogP contribution in [0, 0.1) is 11.3 Å². The zero-order valence-corrected chi connectivity index (χ0v) is 19.0. The van der Waals surface area contributed by atoms with E-state index in [2.05, 4.69) is 19.2 Å². The zero-order valence-electron chi connectivity index (χ0n) is 19.0. The summed E-state index contributed by atoms with van der Waals surface area (Å²) in [7, 11) is 0. The summed E-state index contributed by atoms with van der Waals surface area (Å²) in [6.07, 6.45) is 0.0994. The number of benzene rings is 2. The number of rotatable bonds is 5. The van der Waals surface area contributed by atoms with E-state index in [1.165, 1.54) is 0 Å². The highest BCUT2D eigenvalue weighted by molar-refractivity contribution is 6.01. The molecule has 0 bridgehead atoms. The first-order chi connectivity index (χ1) is 15.2. The Hall–Kier alpha value is -3.22. The summed E-state index contributed by atoms with van der Waals surface area (Å²) in [5.74, 6) is 1.96. The fourth-order valence-electron chi connectivity index (χ4n) is 3.70. The Kier molecular flexibility index (Phi) is 6.00. The second-order valence-corrected chi connectivity index (χ2v) is 9.35. The van der Waals surface area contributed by atoms with E-state index in [1.807, 2.05) is 26.0 Å². The van der Waals surface area contributed by atoms with Gasteiger partial charge in [-0.1, -0.05) is 26.0 Å². The number of nitrogens with one attached hydrogen (secondary N) is 1. The highest BCUT2D eigenvalue weighted by Gasteiger charge is 2.38. The van der Waals surface area contributed by atoms with Gasteiger partial charge in [-0.05, 0) is 56.5 Å². The van der Waals surface area contributed by atoms with Gasteiger partial charge in [0.15, 0.2) is 11.5 Å². The van der Waals surface area contributed by atoms with Crippen molar-refractivity contribution in [3.63, 3.8) is 0 Å². The van der Waals surface area contributed by atoms with Gasteiger partial charge >= 0.3 is 0 Å². The molecule has 4 rings (SSSR count). The lowest BCUT2D eigenvalue weighted by Gasteiger charge is -2.29. The second-order valence-electron chi connectivity index (χ2n) is 9.35. The number of hydrogen-bond donors (Lipinski definition) is 1. The quantitative estimate of drug-likeness (QED) is 0.755. The molecule has 1 unspecified atom stereocenters. The van der Waals surface area contributed by atoms with Crippen LogP contribution in [0.2, 0.25) is 0 Å². The van der Waals surface area contributed by atoms with E-state index < -0.39 is 11.5 Å². The zero-order chi connectivity index (χ0) is 22.9. The molecule has 1 atom stereocenters. The molecular formula is C25H30N2O5. The standard InChI is InChI=1S/C25H30N2O5/c1-16(2)11-12-27-18-13-17(9-10-19(18)31-15-25(3,4)24(27)29)26-23(28)22-14-30-20-7-5-6-8-21(20)32-22/h5-10,13,16,22H,11-12,14-15H2,1-4H3,(H,26,28). The minimum atomic E-state index is -0.766. The van der Waals surface area contributed by atoms with Gasteiger partial charge in [0.1, 0.15) is 19.0 Å². The van der Waals surface area contributed by atoms with E-state index in [1.54, 1.807) is 35.2 Å². The average molecular weight is 439 g/mol. The third kappa shape index (κ3) is 4.52. The van der Waals surface area contributed by atoms with Crippen molar-refractivity contribution in [2.45, 2.75) is 40.2 Å². The third-order valence-corrected chi connectivity index (χ3v) is 5.66. The number of anilines is 2. The fraction of sp³-hybridized carbons (Fsp3) is 0.440. The first kappa shape index (κ1) is 22.0. The highest BCUT2D eigenvalue weighted by Crippen LogP contribution is 2.39. The normalized spacial score (nSPS) is 19.1. The fourth-order valence-corrected chi connectivity index (χ4v) is 3.70. The van der Waals surface area contributed by atoms with E-state index in [4.69, 9.17) is 14.2 Å². The molecule has 170 valence electrons. The Morgan fingerprint density at radius 3 is 2.62 bits per heavy atom. The van der Waals surface area contributed by atoms with Crippen LogP contribution in [-0.2, 0) is 9.59 Å². The Labute approximate surface area is 188 Å². The molecule has 0 fully saturated rings. The van der Waals surface area contributed by atoms with Crippen molar-refractivity contribution in [1.82, 2.24) is 0 Å². The van der Waals surface area contributed by atoms with Crippen LogP contribution in [0.1, 0.15) is 34.1 Å². The van der Waals surface area contributed by atoms with Gasteiger partial charge < -0.3 is 24.4 Å². The first-order valence-electron chi connectivity index (χ1n) is 11.0. The number of hydrogen-bond acceptors (Lipinski definition) is 5. The highest BCUT2D eigenvalue weighted by atomic mass is 16.6. The lowest BCUT2D eigenvalue weighted by Crippen LogP contribution is -2.43. The second kappa shape index (κ2) is 8.73. The maximum atomic E-state index is 13.3. The van der Waals surface area contributed by atoms with E-state index in [0.29, 0.717) is 47.7 Å². The summed E-state index contributed by atoms with van der Waals surface area (Å²) in [5.41, 5.74) is 0.604. The average Bonchev–Trinajstić information content (AvgIpc) is 2.86. The van der Waals surface area contributed by atoms with Crippen LogP contribution in [0.4, 0.5) is 11.4 Å². The van der Waals surface area contributed by atoms with Crippen LogP contribution in [0.3, 0.4) is 0 Å². The number of fused-ring (bicyclic) bond motifs is 2. The van der Waals surface area contributed by atoms with Crippen molar-refractivity contribution in [3.8, 4) is 17.2 Å². The van der Waals surface area contributed by atoms with Gasteiger partial charge in [0.05, 0.1) is 11.1 Å². The summed E-state index contributed by atoms with van der Waals surface area (Å²) in [4.78, 5) is 27.9. The first-order valence-corrected chi connectivity index (χ1v) is 11.0. The van der Waals surface area contributed by atoms with Crippen LogP contribution < -0.4 is 24.4 Å². The minimum absolute atomic E-state index is 0.0148. The molecule has 7 heteroatoms. The molecule has 0 saturated heterocycles. The van der Waals surface area contributed by atoms with Crippen LogP contribution in [0.5, 0.6) is 17.2 Å². The van der Waals surface area contributed by atoms with E-state index >= 15 is 0 Å². The van der Waals surface area contributed by atoms with Gasteiger partial charge in [-0.15, -0.1) is 0 Å². The summed E-state index contributed by atoms with van der Waals surface area (Å²) in [6.45, 7) is 9.07. The summed E-state index contributed by atoms with van der Waals surface area (Å²) >= 11 is 0. The summed E-state index contributed by atoms with van der Waals surface area (Å²) in [6, 6.07) is 12.6. The third-order valence-electron chi connectivity index (χ3n) is 5.66. The Balaban J connectivity index is 1.55. The molecule has 0 aliphatic carbocycles. The summed E-state index contributed by atoms with van der Waals surface area (Å²) < 4.78 is 17.4. The Morgan fingerprint density at radius 1 is 1.12 bits per heavy atom. The van der Waals surface area contributed by atoms with E-state index in [9.17, 15) is 9.59 Å². The lowest BCUT2D eigenvalue weighted by atomic mass is 9.92. The number of para-hydroxylation sites is 2. The van der Waals surface area contributed by atoms with Crippen LogP contribution >= 0.6 is 0 Å². The van der Waals surface area contributed by atoms with Gasteiger partial charge in [0.2, 0.25) is 12.0 Å². The van der Waals surface area contributed by atoms with Crippen molar-refractivity contribution >= 4 is 23.2 Å². The molecule has 2 amide bonds. The van der Waals surface area contributed by atoms with Crippen molar-refractivity contribution in [2.75, 3.05) is 30.0 Å². The molecule has 2 heterocycles. The van der Waals surface area contributed by atoms with Gasteiger partial charge in [-0.2, -0.15) is 0 Å². The largest absolute Gasteiger partial charge is 0.490 e. The maximum Gasteiger partial charge on any atom is 0.269 e. The van der Waals surface area contributed by atoms with E-state index in [0.717, 1.165) is 6.42 Å². The van der Waals surface area contributed by atoms with E-state index in [-0.39, 0.29) is 18.4 Å². The molecule has 2 aromatic rings. The number of ether oxygens (including phenoxy) is 3. The molecular weight excluding hydrogens is 408 g/mol. The van der Waals surface area contributed by atoms with Crippen molar-refractivity contribution in [3.05, 3.63) is 42.5 Å². The van der Waals surface area contributed by atoms with Gasteiger partial charge in [0.25, 0.3) is 5.91 Å². The van der Waals surface area contributed by atoms with Crippen LogP contribution in [-0.4, -0.2) is 37.7 Å². The van der Waals surface area contributed by atoms with Gasteiger partial charge in [-0.3, -0.25) is 9.59 Å². The molecule has 0 spiro atoms. The van der Waals surface area contributed by atoms with Crippen LogP contribution in [0.15, 0.2) is 42.5 Å². The molecule has 1 N–H and O–H groups in total. The van der Waals surface area contributed by atoms with Crippen molar-refractivity contribution in [1.29, 1.82) is 0 Å². The van der Waals surface area contributed by atoms with Crippen LogP contribution in [0.25, 0.3) is 0 Å². The van der Waals surface area contributed by atoms with Gasteiger partial charge in [0, 0.05) is 12.2 Å². The predicted octanol–water partition coefficient (Wildman–Crippen LogP) is 4.26. The molecule has 0 saturated carbocycles. The monoisotopic (exact) mass is 438 g/mol. The lowest BCUT2D eigenvalue weighted by molar-refractivity contribution is -0.127. The number of carbonyl (C=O) groups excluding carboxylic acids is 2.